The molecule has 0 spiro atoms. The molecular weight excluding hydrogens is 147 g/mol. The van der Waals surface area contributed by atoms with Crippen LogP contribution in [-0.2, 0) is 0 Å². The van der Waals surface area contributed by atoms with Crippen LogP contribution < -0.4 is 0 Å². The molecule has 0 amide bonds. The Morgan fingerprint density at radius 1 is 1.62 bits per heavy atom. The van der Waals surface area contributed by atoms with E-state index in [1.165, 1.54) is 0 Å². The summed E-state index contributed by atoms with van der Waals surface area (Å²) in [6.45, 7) is 0. The summed E-state index contributed by atoms with van der Waals surface area (Å²) in [5.41, 5.74) is 0. The van der Waals surface area contributed by atoms with Gasteiger partial charge in [-0.2, -0.15) is 0 Å². The van der Waals surface area contributed by atoms with Crippen LogP contribution in [0.4, 0.5) is 0 Å². The normalized spacial score (nSPS) is 10.4. The zero-order valence-electron chi connectivity index (χ0n) is 4.64. The first-order chi connectivity index (χ1) is 3.81. The summed E-state index contributed by atoms with van der Waals surface area (Å²) < 4.78 is 0. The molecule has 0 unspecified atom stereocenters. The van der Waals surface area contributed by atoms with Gasteiger partial charge in [-0.3, -0.25) is 4.99 Å². The van der Waals surface area contributed by atoms with Crippen LogP contribution >= 0.6 is 23.2 Å². The van der Waals surface area contributed by atoms with Crippen LogP contribution in [0, 0.1) is 0 Å². The van der Waals surface area contributed by atoms with Gasteiger partial charge in [-0.15, -0.1) is 23.2 Å². The maximum Gasteiger partial charge on any atom is 0.115 e. The Balaban J connectivity index is 3.21. The van der Waals surface area contributed by atoms with Crippen molar-refractivity contribution in [3.8, 4) is 0 Å². The van der Waals surface area contributed by atoms with E-state index in [0.717, 1.165) is 0 Å². The molecule has 0 bridgehead atoms. The van der Waals surface area contributed by atoms with E-state index in [9.17, 15) is 0 Å². The summed E-state index contributed by atoms with van der Waals surface area (Å²) in [5.74, 6) is 0. The van der Waals surface area contributed by atoms with E-state index in [4.69, 9.17) is 23.2 Å². The van der Waals surface area contributed by atoms with Crippen LogP contribution in [0.25, 0.3) is 0 Å². The highest BCUT2D eigenvalue weighted by Crippen LogP contribution is 1.81. The van der Waals surface area contributed by atoms with Gasteiger partial charge < -0.3 is 4.90 Å². The molecule has 0 fully saturated rings. The van der Waals surface area contributed by atoms with Crippen molar-refractivity contribution < 1.29 is 0 Å². The lowest BCUT2D eigenvalue weighted by Crippen LogP contribution is -2.12. The Bertz CT molecular complexity index is 74.4. The van der Waals surface area contributed by atoms with Gasteiger partial charge in [-0.05, 0) is 0 Å². The average molecular weight is 155 g/mol. The van der Waals surface area contributed by atoms with Gasteiger partial charge >= 0.3 is 0 Å². The molecule has 0 aliphatic heterocycles. The fourth-order valence-electron chi connectivity index (χ4n) is 0.201. The molecule has 2 nitrogen and oxygen atoms in total. The molecule has 4 heteroatoms. The predicted molar refractivity (Wildman–Crippen MR) is 37.7 cm³/mol. The molecule has 48 valence electrons. The summed E-state index contributed by atoms with van der Waals surface area (Å²) in [7, 11) is 1.82. The molecule has 0 aromatic heterocycles. The monoisotopic (exact) mass is 154 g/mol. The highest BCUT2D eigenvalue weighted by molar-refractivity contribution is 6.18. The number of alkyl halides is 2. The molecule has 0 aromatic carbocycles. The topological polar surface area (TPSA) is 15.6 Å². The average Bonchev–Trinajstić information content (AvgIpc) is 1.83. The zero-order valence-corrected chi connectivity index (χ0v) is 6.15. The molecule has 0 saturated heterocycles. The molecule has 0 atom stereocenters. The minimum Gasteiger partial charge on any atom is -0.352 e. The maximum atomic E-state index is 5.38. The summed E-state index contributed by atoms with van der Waals surface area (Å²) >= 11 is 10.6. The SMILES string of the molecule is CN(/C=N\CCl)CCl. The first-order valence-corrected chi connectivity index (χ1v) is 3.20. The third-order valence-electron chi connectivity index (χ3n) is 0.536. The van der Waals surface area contributed by atoms with Gasteiger partial charge in [0.1, 0.15) is 6.00 Å². The number of aliphatic imine (C=N–C) groups is 1. The second kappa shape index (κ2) is 5.19. The molecule has 0 N–H and O–H groups in total. The van der Waals surface area contributed by atoms with E-state index in [0.29, 0.717) is 12.0 Å². The van der Waals surface area contributed by atoms with Gasteiger partial charge in [0.25, 0.3) is 0 Å². The van der Waals surface area contributed by atoms with Gasteiger partial charge in [-0.1, -0.05) is 0 Å². The van der Waals surface area contributed by atoms with Crippen LogP contribution in [0.15, 0.2) is 4.99 Å². The third-order valence-corrected chi connectivity index (χ3v) is 1.05. The Labute approximate surface area is 59.1 Å². The fraction of sp³-hybridized carbons (Fsp3) is 0.750. The highest BCUT2D eigenvalue weighted by atomic mass is 35.5. The summed E-state index contributed by atoms with van der Waals surface area (Å²) in [4.78, 5) is 5.45. The van der Waals surface area contributed by atoms with Crippen molar-refractivity contribution in [2.45, 2.75) is 0 Å². The van der Waals surface area contributed by atoms with Crippen molar-refractivity contribution in [1.29, 1.82) is 0 Å². The molecular formula is C4H8Cl2N2. The number of hydrogen-bond donors (Lipinski definition) is 0. The predicted octanol–water partition coefficient (Wildman–Crippen LogP) is 1.34. The van der Waals surface area contributed by atoms with E-state index in [1.807, 2.05) is 7.05 Å². The van der Waals surface area contributed by atoms with Crippen molar-refractivity contribution in [2.24, 2.45) is 4.99 Å². The van der Waals surface area contributed by atoms with Gasteiger partial charge in [0, 0.05) is 7.05 Å². The van der Waals surface area contributed by atoms with Gasteiger partial charge in [-0.25, -0.2) is 0 Å². The molecule has 0 aliphatic rings. The van der Waals surface area contributed by atoms with Crippen LogP contribution in [-0.4, -0.2) is 30.3 Å². The van der Waals surface area contributed by atoms with Crippen LogP contribution in [0.1, 0.15) is 0 Å². The standard InChI is InChI=1S/C4H8Cl2N2/c1-8(3-6)4-7-2-5/h4H,2-3H2,1H3/b7-4-. The first-order valence-electron chi connectivity index (χ1n) is 2.13. The van der Waals surface area contributed by atoms with Crippen LogP contribution in [0.5, 0.6) is 0 Å². The van der Waals surface area contributed by atoms with E-state index in [1.54, 1.807) is 11.2 Å². The van der Waals surface area contributed by atoms with Gasteiger partial charge in [0.2, 0.25) is 0 Å². The highest BCUT2D eigenvalue weighted by Gasteiger charge is 1.81. The molecule has 0 aliphatic carbocycles. The summed E-state index contributed by atoms with van der Waals surface area (Å²) in [6.07, 6.45) is 1.60. The summed E-state index contributed by atoms with van der Waals surface area (Å²) in [5, 5.41) is 0. The summed E-state index contributed by atoms with van der Waals surface area (Å²) in [6, 6.07) is 0.738. The van der Waals surface area contributed by atoms with Crippen LogP contribution in [0.3, 0.4) is 0 Å². The Morgan fingerprint density at radius 2 is 2.25 bits per heavy atom. The van der Waals surface area contributed by atoms with Crippen molar-refractivity contribution in [2.75, 3.05) is 19.1 Å². The Kier molecular flexibility index (Phi) is 5.22. The first kappa shape index (κ1) is 8.05. The molecule has 0 aromatic rings. The van der Waals surface area contributed by atoms with E-state index in [2.05, 4.69) is 4.99 Å². The molecule has 0 saturated carbocycles. The Morgan fingerprint density at radius 3 is 2.62 bits per heavy atom. The largest absolute Gasteiger partial charge is 0.352 e. The van der Waals surface area contributed by atoms with Gasteiger partial charge in [0.15, 0.2) is 0 Å². The number of halogens is 2. The second-order valence-electron chi connectivity index (χ2n) is 1.29. The molecule has 0 rings (SSSR count). The van der Waals surface area contributed by atoms with E-state index in [-0.39, 0.29) is 0 Å². The zero-order chi connectivity index (χ0) is 6.41. The minimum atomic E-state index is 0.293. The van der Waals surface area contributed by atoms with Crippen molar-refractivity contribution in [3.63, 3.8) is 0 Å². The van der Waals surface area contributed by atoms with Gasteiger partial charge in [0.05, 0.1) is 12.3 Å². The number of nitrogens with zero attached hydrogens (tertiary/aromatic N) is 2. The maximum absolute atomic E-state index is 5.38. The second-order valence-corrected chi connectivity index (χ2v) is 1.77. The lowest BCUT2D eigenvalue weighted by molar-refractivity contribution is 0.611. The lowest BCUT2D eigenvalue weighted by Gasteiger charge is -2.04. The van der Waals surface area contributed by atoms with E-state index >= 15 is 0 Å². The van der Waals surface area contributed by atoms with Crippen LogP contribution in [0.2, 0.25) is 0 Å². The third kappa shape index (κ3) is 4.22. The molecule has 0 heterocycles. The minimum absolute atomic E-state index is 0.293. The quantitative estimate of drug-likeness (QED) is 0.260. The fourth-order valence-corrected chi connectivity index (χ4v) is 0.325. The number of rotatable bonds is 3. The van der Waals surface area contributed by atoms with Crippen molar-refractivity contribution in [1.82, 2.24) is 4.90 Å². The number of hydrogen-bond acceptors (Lipinski definition) is 1. The van der Waals surface area contributed by atoms with Crippen molar-refractivity contribution >= 4 is 29.5 Å². The van der Waals surface area contributed by atoms with E-state index < -0.39 is 0 Å². The molecule has 8 heavy (non-hydrogen) atoms. The molecule has 0 radical (unpaired) electrons. The lowest BCUT2D eigenvalue weighted by atomic mass is 10.9. The Hall–Kier alpha value is 0.0500. The smallest absolute Gasteiger partial charge is 0.115 e. The van der Waals surface area contributed by atoms with Crippen molar-refractivity contribution in [3.05, 3.63) is 0 Å².